The molecule has 0 saturated heterocycles. The molecule has 1 saturated carbocycles. The number of carbonyl (C=O) groups excluding carboxylic acids is 1. The van der Waals surface area contributed by atoms with Gasteiger partial charge in [0.2, 0.25) is 0 Å². The Hall–Kier alpha value is -1.20. The van der Waals surface area contributed by atoms with Gasteiger partial charge in [0, 0.05) is 11.4 Å². The van der Waals surface area contributed by atoms with Gasteiger partial charge in [0.25, 0.3) is 0 Å². The van der Waals surface area contributed by atoms with Gasteiger partial charge in [-0.25, -0.2) is 0 Å². The molecule has 20 heavy (non-hydrogen) atoms. The van der Waals surface area contributed by atoms with Crippen LogP contribution >= 0.6 is 24.2 Å². The molecule has 0 spiro atoms. The van der Waals surface area contributed by atoms with Crippen LogP contribution in [-0.2, 0) is 11.2 Å². The second kappa shape index (κ2) is 5.30. The van der Waals surface area contributed by atoms with Crippen molar-refractivity contribution in [3.63, 3.8) is 0 Å². The van der Waals surface area contributed by atoms with E-state index < -0.39 is 0 Å². The molecule has 106 valence electrons. The Labute approximate surface area is 128 Å². The van der Waals surface area contributed by atoms with Crippen molar-refractivity contribution in [1.29, 1.82) is 0 Å². The minimum Gasteiger partial charge on any atom is -0.345 e. The van der Waals surface area contributed by atoms with Gasteiger partial charge in [0.1, 0.15) is 12.1 Å². The Morgan fingerprint density at radius 3 is 2.85 bits per heavy atom. The van der Waals surface area contributed by atoms with Gasteiger partial charge in [0.05, 0.1) is 12.0 Å². The van der Waals surface area contributed by atoms with Crippen LogP contribution in [-0.4, -0.2) is 29.2 Å². The lowest BCUT2D eigenvalue weighted by atomic mass is 9.64. The normalized spacial score (nSPS) is 28.4. The minimum absolute atomic E-state index is 0.161. The Morgan fingerprint density at radius 2 is 2.30 bits per heavy atom. The molecule has 4 nitrogen and oxygen atoms in total. The first-order chi connectivity index (χ1) is 9.61. The van der Waals surface area contributed by atoms with E-state index >= 15 is 0 Å². The zero-order chi connectivity index (χ0) is 14.2. The highest BCUT2D eigenvalue weighted by Gasteiger charge is 2.48. The molecule has 1 aromatic rings. The number of carbonyl (C=O) groups is 1. The molecule has 0 aromatic heterocycles. The van der Waals surface area contributed by atoms with Crippen molar-refractivity contribution >= 4 is 36.4 Å². The molecule has 2 unspecified atom stereocenters. The smallest absolute Gasteiger partial charge is 0.161 e. The number of thiol groups is 1. The van der Waals surface area contributed by atoms with Crippen molar-refractivity contribution in [1.82, 2.24) is 10.3 Å². The van der Waals surface area contributed by atoms with E-state index in [1.54, 1.807) is 6.34 Å². The first-order valence-electron chi connectivity index (χ1n) is 6.61. The minimum atomic E-state index is -0.380. The van der Waals surface area contributed by atoms with Crippen LogP contribution in [0.3, 0.4) is 0 Å². The molecule has 1 aromatic carbocycles. The second-order valence-corrected chi connectivity index (χ2v) is 6.25. The third-order valence-corrected chi connectivity index (χ3v) is 4.87. The number of benzene rings is 1. The van der Waals surface area contributed by atoms with Crippen LogP contribution in [0.5, 0.6) is 0 Å². The first-order valence-corrected chi connectivity index (χ1v) is 7.50. The van der Waals surface area contributed by atoms with E-state index in [4.69, 9.17) is 11.6 Å². The lowest BCUT2D eigenvalue weighted by molar-refractivity contribution is -0.140. The maximum Gasteiger partial charge on any atom is 0.161 e. The van der Waals surface area contributed by atoms with Crippen molar-refractivity contribution in [3.05, 3.63) is 34.9 Å². The second-order valence-electron chi connectivity index (χ2n) is 5.35. The van der Waals surface area contributed by atoms with E-state index in [2.05, 4.69) is 23.0 Å². The molecule has 2 aliphatic rings. The molecule has 6 heteroatoms. The predicted molar refractivity (Wildman–Crippen MR) is 82.9 cm³/mol. The zero-order valence-corrected chi connectivity index (χ0v) is 12.6. The molecule has 0 bridgehead atoms. The van der Waals surface area contributed by atoms with Crippen molar-refractivity contribution < 1.29 is 4.79 Å². The Morgan fingerprint density at radius 1 is 1.50 bits per heavy atom. The average Bonchev–Trinajstić information content (AvgIpc) is 2.84. The van der Waals surface area contributed by atoms with E-state index in [-0.39, 0.29) is 10.9 Å². The summed E-state index contributed by atoms with van der Waals surface area (Å²) in [5.74, 6) is 0.292. The fraction of sp³-hybridized carbons (Fsp3) is 0.429. The highest BCUT2D eigenvalue weighted by atomic mass is 35.5. The van der Waals surface area contributed by atoms with Gasteiger partial charge in [-0.1, -0.05) is 29.8 Å². The first kappa shape index (κ1) is 13.8. The van der Waals surface area contributed by atoms with E-state index in [1.165, 1.54) is 0 Å². The van der Waals surface area contributed by atoms with Gasteiger partial charge in [-0.15, -0.1) is 12.6 Å². The van der Waals surface area contributed by atoms with Crippen molar-refractivity contribution in [2.75, 3.05) is 6.54 Å². The largest absolute Gasteiger partial charge is 0.345 e. The maximum atomic E-state index is 12.2. The molecule has 1 fully saturated rings. The predicted octanol–water partition coefficient (Wildman–Crippen LogP) is 2.29. The molecule has 0 radical (unpaired) electrons. The van der Waals surface area contributed by atoms with Crippen molar-refractivity contribution in [2.24, 2.45) is 10.5 Å². The van der Waals surface area contributed by atoms with Crippen LogP contribution in [0, 0.1) is 5.41 Å². The molecule has 1 heterocycles. The summed E-state index contributed by atoms with van der Waals surface area (Å²) < 4.78 is 0. The molecule has 2 atom stereocenters. The quantitative estimate of drug-likeness (QED) is 0.839. The number of nitrogens with one attached hydrogen (secondary N) is 1. The van der Waals surface area contributed by atoms with Crippen molar-refractivity contribution in [2.45, 2.75) is 24.8 Å². The molecule has 1 N–H and O–H groups in total. The summed E-state index contributed by atoms with van der Waals surface area (Å²) in [6.07, 6.45) is 3.80. The number of rotatable bonds is 4. The summed E-state index contributed by atoms with van der Waals surface area (Å²) in [7, 11) is 0. The van der Waals surface area contributed by atoms with Gasteiger partial charge in [-0.3, -0.25) is 9.80 Å². The molecule has 1 aliphatic heterocycles. The summed E-state index contributed by atoms with van der Waals surface area (Å²) in [6, 6.07) is 7.71. The van der Waals surface area contributed by atoms with Gasteiger partial charge in [-0.2, -0.15) is 5.10 Å². The van der Waals surface area contributed by atoms with E-state index in [0.717, 1.165) is 17.0 Å². The Balaban J connectivity index is 1.80. The molecular formula is C14H16ClN3OS. The SMILES string of the molecule is O=C1CCC1(Cc1ccccc1Cl)CN1N=CNC1S. The number of hydrogen-bond donors (Lipinski definition) is 2. The number of halogens is 1. The lowest BCUT2D eigenvalue weighted by Crippen LogP contribution is -2.51. The van der Waals surface area contributed by atoms with E-state index in [0.29, 0.717) is 25.2 Å². The topological polar surface area (TPSA) is 44.7 Å². The number of hydrogen-bond acceptors (Lipinski definition) is 5. The summed E-state index contributed by atoms with van der Waals surface area (Å²) in [4.78, 5) is 12.2. The number of Topliss-reactive ketones (excluding diaryl/α,β-unsaturated/α-hetero) is 1. The summed E-state index contributed by atoms with van der Waals surface area (Å²) in [5, 5.41) is 9.75. The monoisotopic (exact) mass is 309 g/mol. The van der Waals surface area contributed by atoms with Gasteiger partial charge >= 0.3 is 0 Å². The van der Waals surface area contributed by atoms with Crippen LogP contribution in [0.1, 0.15) is 18.4 Å². The maximum absolute atomic E-state index is 12.2. The lowest BCUT2D eigenvalue weighted by Gasteiger charge is -2.42. The highest BCUT2D eigenvalue weighted by molar-refractivity contribution is 7.80. The molecule has 3 rings (SSSR count). The highest BCUT2D eigenvalue weighted by Crippen LogP contribution is 2.42. The third kappa shape index (κ3) is 2.40. The summed E-state index contributed by atoms with van der Waals surface area (Å²) in [5.41, 5.74) is 0.482. The van der Waals surface area contributed by atoms with E-state index in [9.17, 15) is 4.79 Å². The standard InChI is InChI=1S/C14H16ClN3OS/c15-11-4-2-1-3-10(11)7-14(6-5-12(14)19)8-18-13(20)16-9-17-18/h1-4,9,13,20H,5-8H2,(H,16,17). The average molecular weight is 310 g/mol. The van der Waals surface area contributed by atoms with Crippen LogP contribution < -0.4 is 5.32 Å². The number of ketones is 1. The third-order valence-electron chi connectivity index (χ3n) is 4.09. The number of hydrazone groups is 1. The van der Waals surface area contributed by atoms with Crippen LogP contribution in [0.25, 0.3) is 0 Å². The number of nitrogens with zero attached hydrogens (tertiary/aromatic N) is 2. The molecule has 1 aliphatic carbocycles. The zero-order valence-electron chi connectivity index (χ0n) is 10.9. The molecular weight excluding hydrogens is 294 g/mol. The summed E-state index contributed by atoms with van der Waals surface area (Å²) >= 11 is 10.6. The Bertz CT molecular complexity index is 565. The van der Waals surface area contributed by atoms with Crippen molar-refractivity contribution in [3.8, 4) is 0 Å². The fourth-order valence-electron chi connectivity index (χ4n) is 2.76. The van der Waals surface area contributed by atoms with Gasteiger partial charge in [-0.05, 0) is 24.5 Å². The molecule has 0 amide bonds. The van der Waals surface area contributed by atoms with Gasteiger partial charge in [0.15, 0.2) is 5.50 Å². The Kier molecular flexibility index (Phi) is 3.65. The summed E-state index contributed by atoms with van der Waals surface area (Å²) in [6.45, 7) is 0.578. The van der Waals surface area contributed by atoms with Crippen LogP contribution in [0.15, 0.2) is 29.4 Å². The fourth-order valence-corrected chi connectivity index (χ4v) is 3.17. The van der Waals surface area contributed by atoms with Gasteiger partial charge < -0.3 is 5.32 Å². The van der Waals surface area contributed by atoms with Crippen LogP contribution in [0.2, 0.25) is 5.02 Å². The van der Waals surface area contributed by atoms with E-state index in [1.807, 2.05) is 29.3 Å². The van der Waals surface area contributed by atoms with Crippen LogP contribution in [0.4, 0.5) is 0 Å².